The van der Waals surface area contributed by atoms with E-state index in [0.29, 0.717) is 19.6 Å². The van der Waals surface area contributed by atoms with Gasteiger partial charge >= 0.3 is 12.4 Å². The first-order valence-corrected chi connectivity index (χ1v) is 7.07. The van der Waals surface area contributed by atoms with E-state index in [1.54, 1.807) is 0 Å². The fraction of sp³-hybridized carbons (Fsp3) is 1.00. The van der Waals surface area contributed by atoms with Crippen molar-refractivity contribution in [3.05, 3.63) is 0 Å². The molecular weight excluding hydrogens is 233 g/mol. The van der Waals surface area contributed by atoms with Crippen LogP contribution in [0.3, 0.4) is 0 Å². The Hall–Kier alpha value is -0.273. The molecule has 0 aromatic carbocycles. The van der Waals surface area contributed by atoms with E-state index in [1.165, 1.54) is 0 Å². The summed E-state index contributed by atoms with van der Waals surface area (Å²) >= 11 is 0. The summed E-state index contributed by atoms with van der Waals surface area (Å²) in [6.45, 7) is 2.07. The monoisotopic (exact) mass is 242 g/mol. The third-order valence-corrected chi connectivity index (χ3v) is 4.45. The van der Waals surface area contributed by atoms with Crippen molar-refractivity contribution in [1.29, 1.82) is 0 Å². The largest absolute Gasteiger partial charge is 0.428 e. The average Bonchev–Trinajstić information content (AvgIpc) is 1.77. The summed E-state index contributed by atoms with van der Waals surface area (Å²) in [6, 6.07) is 0. The first-order chi connectivity index (χ1) is 5.75. The Kier molecular flexibility index (Phi) is 3.05. The maximum absolute atomic E-state index is 13.1. The van der Waals surface area contributed by atoms with Gasteiger partial charge in [-0.05, 0) is 0 Å². The van der Waals surface area contributed by atoms with Crippen LogP contribution in [0, 0.1) is 0 Å². The first kappa shape index (κ1) is 13.7. The average molecular weight is 242 g/mol. The molecule has 14 heavy (non-hydrogen) atoms. The van der Waals surface area contributed by atoms with Crippen LogP contribution in [0.1, 0.15) is 0 Å². The van der Waals surface area contributed by atoms with Gasteiger partial charge in [0.05, 0.1) is 0 Å². The van der Waals surface area contributed by atoms with Crippen molar-refractivity contribution in [3.8, 4) is 0 Å². The minimum absolute atomic E-state index is 0.688. The van der Waals surface area contributed by atoms with Gasteiger partial charge in [0.1, 0.15) is 8.07 Å². The van der Waals surface area contributed by atoms with Crippen molar-refractivity contribution < 1.29 is 30.7 Å². The number of hydrogen-bond acceptors (Lipinski definition) is 0. The van der Waals surface area contributed by atoms with Crippen LogP contribution in [0.2, 0.25) is 19.6 Å². The molecule has 0 heterocycles. The molecule has 0 saturated carbocycles. The van der Waals surface area contributed by atoms with Crippen molar-refractivity contribution in [3.63, 3.8) is 0 Å². The van der Waals surface area contributed by atoms with Gasteiger partial charge in [0.2, 0.25) is 0 Å². The van der Waals surface area contributed by atoms with E-state index >= 15 is 0 Å². The molecule has 0 rings (SSSR count). The summed E-state index contributed by atoms with van der Waals surface area (Å²) in [5.74, 6) is 0. The Bertz CT molecular complexity index is 172. The van der Waals surface area contributed by atoms with Crippen LogP contribution in [0.15, 0.2) is 0 Å². The molecule has 0 bridgehead atoms. The maximum Gasteiger partial charge on any atom is 0.428 e. The molecule has 8 heteroatoms. The molecule has 0 fully saturated rings. The van der Waals surface area contributed by atoms with Crippen molar-refractivity contribution in [2.24, 2.45) is 0 Å². The molecule has 0 N–H and O–H groups in total. The van der Waals surface area contributed by atoms with Gasteiger partial charge in [-0.15, -0.1) is 0 Å². The molecule has 0 nitrogen and oxygen atoms in total. The van der Waals surface area contributed by atoms with Crippen LogP contribution in [0.25, 0.3) is 0 Å². The molecule has 86 valence electrons. The topological polar surface area (TPSA) is 0 Å². The molecule has 0 spiro atoms. The van der Waals surface area contributed by atoms with Crippen molar-refractivity contribution >= 4 is 8.07 Å². The second kappa shape index (κ2) is 3.11. The van der Waals surface area contributed by atoms with Crippen molar-refractivity contribution in [1.82, 2.24) is 0 Å². The molecule has 0 aromatic rings. The van der Waals surface area contributed by atoms with Crippen LogP contribution in [0.5, 0.6) is 0 Å². The summed E-state index contributed by atoms with van der Waals surface area (Å²) in [4.78, 5) is 0. The molecule has 0 aliphatic carbocycles. The van der Waals surface area contributed by atoms with Crippen LogP contribution < -0.4 is 0 Å². The molecule has 0 radical (unpaired) electrons. The van der Waals surface area contributed by atoms with Crippen LogP contribution >= 0.6 is 0 Å². The van der Waals surface area contributed by atoms with Gasteiger partial charge in [0.25, 0.3) is 5.29 Å². The number of hydrogen-bond donors (Lipinski definition) is 0. The lowest BCUT2D eigenvalue weighted by molar-refractivity contribution is -0.311. The Morgan fingerprint density at radius 2 is 0.857 bits per heavy atom. The molecule has 0 amide bonds. The highest BCUT2D eigenvalue weighted by atomic mass is 28.3. The van der Waals surface area contributed by atoms with E-state index in [2.05, 4.69) is 0 Å². The minimum atomic E-state index is -5.91. The normalized spacial score (nSPS) is 15.9. The number of halogens is 7. The third-order valence-electron chi connectivity index (χ3n) is 1.81. The van der Waals surface area contributed by atoms with E-state index in [0.717, 1.165) is 0 Å². The lowest BCUT2D eigenvalue weighted by Gasteiger charge is -2.38. The van der Waals surface area contributed by atoms with Gasteiger partial charge in [0.15, 0.2) is 0 Å². The van der Waals surface area contributed by atoms with Crippen molar-refractivity contribution in [2.75, 3.05) is 0 Å². The lowest BCUT2D eigenvalue weighted by atomic mass is 10.3. The standard InChI is InChI=1S/C6H9F7Si/c1-14(2,3)4(7,5(8,9)10)6(11,12)13/h1-3H3. The maximum atomic E-state index is 13.1. The summed E-state index contributed by atoms with van der Waals surface area (Å²) in [7, 11) is -4.10. The highest BCUT2D eigenvalue weighted by molar-refractivity contribution is 6.79. The Balaban J connectivity index is 5.54. The van der Waals surface area contributed by atoms with Crippen LogP contribution in [0.4, 0.5) is 30.7 Å². The molecule has 0 aliphatic heterocycles. The van der Waals surface area contributed by atoms with Gasteiger partial charge in [-0.3, -0.25) is 0 Å². The Labute approximate surface area is 77.1 Å². The Morgan fingerprint density at radius 3 is 0.857 bits per heavy atom. The first-order valence-electron chi connectivity index (χ1n) is 3.57. The summed E-state index contributed by atoms with van der Waals surface area (Å²) in [5.41, 5.74) is 0. The number of rotatable bonds is 1. The highest BCUT2D eigenvalue weighted by Gasteiger charge is 2.77. The summed E-state index contributed by atoms with van der Waals surface area (Å²) in [6.07, 6.45) is -11.8. The zero-order valence-corrected chi connectivity index (χ0v) is 8.65. The second-order valence-corrected chi connectivity index (χ2v) is 9.09. The third kappa shape index (κ3) is 1.89. The second-order valence-electron chi connectivity index (χ2n) is 3.90. The van der Waals surface area contributed by atoms with Crippen molar-refractivity contribution in [2.45, 2.75) is 37.3 Å². The quantitative estimate of drug-likeness (QED) is 0.486. The predicted molar refractivity (Wildman–Crippen MR) is 39.3 cm³/mol. The van der Waals surface area contributed by atoms with E-state index in [4.69, 9.17) is 0 Å². The van der Waals surface area contributed by atoms with Gasteiger partial charge in [-0.1, -0.05) is 19.6 Å². The van der Waals surface area contributed by atoms with Gasteiger partial charge in [-0.2, -0.15) is 26.3 Å². The van der Waals surface area contributed by atoms with Gasteiger partial charge in [-0.25, -0.2) is 4.39 Å². The van der Waals surface area contributed by atoms with E-state index < -0.39 is 25.7 Å². The molecule has 0 aromatic heterocycles. The van der Waals surface area contributed by atoms with E-state index in [1.807, 2.05) is 0 Å². The number of alkyl halides is 7. The molecule has 0 saturated heterocycles. The highest BCUT2D eigenvalue weighted by Crippen LogP contribution is 2.51. The summed E-state index contributed by atoms with van der Waals surface area (Å²) in [5, 5.41) is -5.05. The zero-order valence-electron chi connectivity index (χ0n) is 7.65. The SMILES string of the molecule is C[Si](C)(C)C(F)(C(F)(F)F)C(F)(F)F. The molecule has 0 atom stereocenters. The van der Waals surface area contributed by atoms with Crippen LogP contribution in [-0.4, -0.2) is 25.7 Å². The van der Waals surface area contributed by atoms with Gasteiger partial charge in [0, 0.05) is 0 Å². The fourth-order valence-electron chi connectivity index (χ4n) is 1.01. The van der Waals surface area contributed by atoms with E-state index in [9.17, 15) is 30.7 Å². The predicted octanol–water partition coefficient (Wildman–Crippen LogP) is 3.70. The summed E-state index contributed by atoms with van der Waals surface area (Å²) < 4.78 is 85.3. The molecular formula is C6H9F7Si. The Morgan fingerprint density at radius 1 is 0.643 bits per heavy atom. The minimum Gasteiger partial charge on any atom is -0.228 e. The molecule has 0 unspecified atom stereocenters. The zero-order chi connectivity index (χ0) is 12.0. The smallest absolute Gasteiger partial charge is 0.228 e. The van der Waals surface area contributed by atoms with E-state index in [-0.39, 0.29) is 0 Å². The van der Waals surface area contributed by atoms with Crippen LogP contribution in [-0.2, 0) is 0 Å². The lowest BCUT2D eigenvalue weighted by Crippen LogP contribution is -2.67. The molecule has 0 aliphatic rings. The fourth-order valence-corrected chi connectivity index (χ4v) is 2.71. The van der Waals surface area contributed by atoms with Gasteiger partial charge < -0.3 is 0 Å².